The van der Waals surface area contributed by atoms with E-state index in [1.165, 1.54) is 0 Å². The maximum atomic E-state index is 14.5. The number of alkyl halides is 1. The molecular weight excluding hydrogens is 249 g/mol. The van der Waals surface area contributed by atoms with Crippen LogP contribution in [0.25, 0.3) is 0 Å². The molecule has 0 radical (unpaired) electrons. The molecule has 1 aliphatic carbocycles. The van der Waals surface area contributed by atoms with Gasteiger partial charge >= 0.3 is 0 Å². The Morgan fingerprint density at radius 2 is 1.94 bits per heavy atom. The van der Waals surface area contributed by atoms with Gasteiger partial charge in [0.25, 0.3) is 0 Å². The van der Waals surface area contributed by atoms with Crippen molar-refractivity contribution in [3.05, 3.63) is 34.3 Å². The fourth-order valence-electron chi connectivity index (χ4n) is 3.21. The lowest BCUT2D eigenvalue weighted by Gasteiger charge is -2.33. The van der Waals surface area contributed by atoms with Crippen LogP contribution in [0.2, 0.25) is 5.02 Å². The van der Waals surface area contributed by atoms with E-state index in [1.807, 2.05) is 12.1 Å². The van der Waals surface area contributed by atoms with Crippen molar-refractivity contribution >= 4 is 11.6 Å². The van der Waals surface area contributed by atoms with Crippen LogP contribution in [0.1, 0.15) is 50.7 Å². The van der Waals surface area contributed by atoms with Crippen molar-refractivity contribution < 1.29 is 4.39 Å². The van der Waals surface area contributed by atoms with Gasteiger partial charge in [-0.15, -0.1) is 0 Å². The Morgan fingerprint density at radius 1 is 1.33 bits per heavy atom. The van der Waals surface area contributed by atoms with Crippen molar-refractivity contribution in [1.82, 2.24) is 0 Å². The third-order valence-electron chi connectivity index (χ3n) is 4.13. The van der Waals surface area contributed by atoms with Gasteiger partial charge in [-0.3, -0.25) is 0 Å². The highest BCUT2D eigenvalue weighted by Gasteiger charge is 2.39. The molecule has 1 aromatic carbocycles. The zero-order chi connectivity index (χ0) is 13.4. The van der Waals surface area contributed by atoms with Crippen LogP contribution in [0.3, 0.4) is 0 Å². The fraction of sp³-hybridized carbons (Fsp3) is 0.600. The van der Waals surface area contributed by atoms with E-state index < -0.39 is 5.67 Å². The van der Waals surface area contributed by atoms with E-state index in [0.29, 0.717) is 17.1 Å². The summed E-state index contributed by atoms with van der Waals surface area (Å²) in [6.07, 6.45) is 4.39. The Labute approximate surface area is 114 Å². The monoisotopic (exact) mass is 269 g/mol. The lowest BCUT2D eigenvalue weighted by Crippen LogP contribution is -2.34. The van der Waals surface area contributed by atoms with Gasteiger partial charge in [0.15, 0.2) is 0 Å². The first kappa shape index (κ1) is 13.8. The summed E-state index contributed by atoms with van der Waals surface area (Å²) >= 11 is 6.23. The van der Waals surface area contributed by atoms with Gasteiger partial charge in [-0.05, 0) is 38.3 Å². The van der Waals surface area contributed by atoms with Crippen molar-refractivity contribution in [2.45, 2.75) is 50.6 Å². The molecule has 0 saturated heterocycles. The fourth-order valence-corrected chi connectivity index (χ4v) is 3.60. The van der Waals surface area contributed by atoms with Crippen LogP contribution in [0.4, 0.5) is 4.39 Å². The Kier molecular flexibility index (Phi) is 3.70. The molecule has 2 rings (SSSR count). The Morgan fingerprint density at radius 3 is 2.44 bits per heavy atom. The van der Waals surface area contributed by atoms with E-state index in [9.17, 15) is 4.39 Å². The second-order valence-electron chi connectivity index (χ2n) is 5.83. The van der Waals surface area contributed by atoms with E-state index in [-0.39, 0.29) is 5.41 Å². The Bertz CT molecular complexity index is 431. The van der Waals surface area contributed by atoms with Gasteiger partial charge in [-0.2, -0.15) is 0 Å². The zero-order valence-corrected chi connectivity index (χ0v) is 11.9. The number of benzene rings is 1. The summed E-state index contributed by atoms with van der Waals surface area (Å²) in [6, 6.07) is 5.67. The number of hydrogen-bond donors (Lipinski definition) is 1. The molecule has 0 heterocycles. The molecule has 0 amide bonds. The molecule has 0 aromatic heterocycles. The highest BCUT2D eigenvalue weighted by Crippen LogP contribution is 2.46. The number of nitrogens with two attached hydrogens (primary N) is 1. The molecule has 3 heteroatoms. The van der Waals surface area contributed by atoms with E-state index in [2.05, 4.69) is 0 Å². The molecule has 1 nitrogen and oxygen atoms in total. The van der Waals surface area contributed by atoms with Crippen molar-refractivity contribution in [3.63, 3.8) is 0 Å². The van der Waals surface area contributed by atoms with E-state index in [0.717, 1.165) is 31.2 Å². The van der Waals surface area contributed by atoms with Crippen LogP contribution in [0, 0.1) is 0 Å². The van der Waals surface area contributed by atoms with Crippen LogP contribution in [0.15, 0.2) is 18.2 Å². The van der Waals surface area contributed by atoms with Gasteiger partial charge in [0.2, 0.25) is 0 Å². The lowest BCUT2D eigenvalue weighted by molar-refractivity contribution is 0.216. The van der Waals surface area contributed by atoms with Crippen LogP contribution in [0.5, 0.6) is 0 Å². The van der Waals surface area contributed by atoms with Gasteiger partial charge in [0.05, 0.1) is 0 Å². The summed E-state index contributed by atoms with van der Waals surface area (Å²) in [5, 5.41) is 0.514. The molecule has 1 aliphatic rings. The molecule has 0 aliphatic heterocycles. The summed E-state index contributed by atoms with van der Waals surface area (Å²) < 4.78 is 14.5. The quantitative estimate of drug-likeness (QED) is 0.869. The minimum atomic E-state index is -1.43. The maximum absolute atomic E-state index is 14.5. The van der Waals surface area contributed by atoms with Crippen LogP contribution >= 0.6 is 11.6 Å². The molecule has 1 aromatic rings. The van der Waals surface area contributed by atoms with Gasteiger partial charge < -0.3 is 5.73 Å². The summed E-state index contributed by atoms with van der Waals surface area (Å²) in [6.45, 7) is 3.70. The first-order valence-corrected chi connectivity index (χ1v) is 6.97. The smallest absolute Gasteiger partial charge is 0.132 e. The molecule has 18 heavy (non-hydrogen) atoms. The predicted molar refractivity (Wildman–Crippen MR) is 74.8 cm³/mol. The van der Waals surface area contributed by atoms with Gasteiger partial charge in [-0.1, -0.05) is 36.6 Å². The van der Waals surface area contributed by atoms with E-state index in [4.69, 9.17) is 17.3 Å². The first-order valence-electron chi connectivity index (χ1n) is 6.59. The van der Waals surface area contributed by atoms with E-state index in [1.54, 1.807) is 19.9 Å². The molecule has 0 atom stereocenters. The molecule has 0 bridgehead atoms. The van der Waals surface area contributed by atoms with Gasteiger partial charge in [0, 0.05) is 22.5 Å². The van der Waals surface area contributed by atoms with E-state index >= 15 is 0 Å². The largest absolute Gasteiger partial charge is 0.330 e. The van der Waals surface area contributed by atoms with Crippen molar-refractivity contribution in [1.29, 1.82) is 0 Å². The zero-order valence-electron chi connectivity index (χ0n) is 11.1. The summed E-state index contributed by atoms with van der Waals surface area (Å²) in [5.74, 6) is 0. The molecular formula is C15H21ClFN. The van der Waals surface area contributed by atoms with Crippen molar-refractivity contribution in [2.24, 2.45) is 5.73 Å². The van der Waals surface area contributed by atoms with Gasteiger partial charge in [-0.25, -0.2) is 4.39 Å². The van der Waals surface area contributed by atoms with Crippen LogP contribution < -0.4 is 5.73 Å². The molecule has 1 fully saturated rings. The number of halogens is 2. The molecule has 100 valence electrons. The summed E-state index contributed by atoms with van der Waals surface area (Å²) in [7, 11) is 0. The third-order valence-corrected chi connectivity index (χ3v) is 4.45. The average Bonchev–Trinajstić information content (AvgIpc) is 2.76. The second kappa shape index (κ2) is 4.82. The molecule has 0 unspecified atom stereocenters. The average molecular weight is 270 g/mol. The standard InChI is InChI=1S/C15H21ClFN/c1-14(2,17)13-11(6-5-7-12(13)16)15(10-18)8-3-4-9-15/h5-7H,3-4,8-10,18H2,1-2H3. The minimum Gasteiger partial charge on any atom is -0.330 e. The third kappa shape index (κ3) is 2.28. The number of hydrogen-bond acceptors (Lipinski definition) is 1. The van der Waals surface area contributed by atoms with Crippen molar-refractivity contribution in [2.75, 3.05) is 6.54 Å². The SMILES string of the molecule is CC(C)(F)c1c(Cl)cccc1C1(CN)CCCC1. The highest BCUT2D eigenvalue weighted by atomic mass is 35.5. The maximum Gasteiger partial charge on any atom is 0.132 e. The Balaban J connectivity index is 2.60. The molecule has 1 saturated carbocycles. The van der Waals surface area contributed by atoms with Crippen molar-refractivity contribution in [3.8, 4) is 0 Å². The summed E-state index contributed by atoms with van der Waals surface area (Å²) in [4.78, 5) is 0. The first-order chi connectivity index (χ1) is 8.41. The summed E-state index contributed by atoms with van der Waals surface area (Å²) in [5.41, 5.74) is 6.13. The lowest BCUT2D eigenvalue weighted by atomic mass is 9.74. The highest BCUT2D eigenvalue weighted by molar-refractivity contribution is 6.31. The molecule has 2 N–H and O–H groups in total. The normalized spacial score (nSPS) is 19.2. The second-order valence-corrected chi connectivity index (χ2v) is 6.23. The van der Waals surface area contributed by atoms with Gasteiger partial charge in [0.1, 0.15) is 5.67 Å². The van der Waals surface area contributed by atoms with Crippen LogP contribution in [-0.2, 0) is 11.1 Å². The predicted octanol–water partition coefficient (Wildman–Crippen LogP) is 4.32. The topological polar surface area (TPSA) is 26.0 Å². The van der Waals surface area contributed by atoms with Crippen LogP contribution in [-0.4, -0.2) is 6.54 Å². The molecule has 0 spiro atoms. The minimum absolute atomic E-state index is 0.0798. The Hall–Kier alpha value is -0.600. The number of rotatable bonds is 3.